The summed E-state index contributed by atoms with van der Waals surface area (Å²) >= 11 is 12.2. The van der Waals surface area contributed by atoms with E-state index in [1.54, 1.807) is 13.2 Å². The third-order valence-corrected chi connectivity index (χ3v) is 7.53. The average Bonchev–Trinajstić information content (AvgIpc) is 3.32. The molecule has 6 heteroatoms. The first kappa shape index (κ1) is 22.4. The van der Waals surface area contributed by atoms with Gasteiger partial charge >= 0.3 is 0 Å². The van der Waals surface area contributed by atoms with Crippen molar-refractivity contribution in [2.75, 3.05) is 27.2 Å². The van der Waals surface area contributed by atoms with E-state index in [0.717, 1.165) is 37.2 Å². The van der Waals surface area contributed by atoms with Crippen molar-refractivity contribution in [3.8, 4) is 5.75 Å². The van der Waals surface area contributed by atoms with E-state index in [1.165, 1.54) is 24.0 Å². The van der Waals surface area contributed by atoms with Gasteiger partial charge in [-0.3, -0.25) is 9.69 Å². The minimum Gasteiger partial charge on any atom is -0.496 e. The van der Waals surface area contributed by atoms with Gasteiger partial charge in [0, 0.05) is 19.5 Å². The van der Waals surface area contributed by atoms with Gasteiger partial charge in [-0.25, -0.2) is 0 Å². The molecule has 1 heterocycles. The third-order valence-electron chi connectivity index (χ3n) is 6.79. The molecule has 2 aromatic rings. The van der Waals surface area contributed by atoms with Gasteiger partial charge < -0.3 is 9.64 Å². The molecule has 31 heavy (non-hydrogen) atoms. The highest BCUT2D eigenvalue weighted by molar-refractivity contribution is 6.42. The van der Waals surface area contributed by atoms with Crippen LogP contribution in [0.3, 0.4) is 0 Å². The van der Waals surface area contributed by atoms with Crippen LogP contribution >= 0.6 is 23.2 Å². The molecular formula is C25H30Cl2N2O2. The van der Waals surface area contributed by atoms with Gasteiger partial charge in [-0.2, -0.15) is 0 Å². The number of carbonyl (C=O) groups is 1. The van der Waals surface area contributed by atoms with Gasteiger partial charge in [0.15, 0.2) is 0 Å². The number of benzene rings is 2. The van der Waals surface area contributed by atoms with Crippen LogP contribution in [0.1, 0.15) is 48.4 Å². The summed E-state index contributed by atoms with van der Waals surface area (Å²) in [6.07, 6.45) is 5.60. The first-order valence-electron chi connectivity index (χ1n) is 11.1. The summed E-state index contributed by atoms with van der Waals surface area (Å²) < 4.78 is 5.65. The number of amides is 1. The van der Waals surface area contributed by atoms with Crippen LogP contribution in [0.5, 0.6) is 5.75 Å². The molecule has 0 N–H and O–H groups in total. The van der Waals surface area contributed by atoms with Gasteiger partial charge in [-0.05, 0) is 80.1 Å². The maximum atomic E-state index is 13.3. The van der Waals surface area contributed by atoms with E-state index in [2.05, 4.69) is 11.0 Å². The fourth-order valence-electron chi connectivity index (χ4n) is 5.18. The van der Waals surface area contributed by atoms with E-state index < -0.39 is 0 Å². The number of fused-ring (bicyclic) bond motifs is 1. The minimum absolute atomic E-state index is 0.0401. The predicted molar refractivity (Wildman–Crippen MR) is 126 cm³/mol. The van der Waals surface area contributed by atoms with E-state index in [4.69, 9.17) is 27.9 Å². The molecule has 0 unspecified atom stereocenters. The Bertz CT molecular complexity index is 943. The molecule has 1 saturated heterocycles. The second kappa shape index (κ2) is 9.81. The summed E-state index contributed by atoms with van der Waals surface area (Å²) in [6, 6.07) is 12.2. The van der Waals surface area contributed by atoms with Crippen molar-refractivity contribution in [3.63, 3.8) is 0 Å². The van der Waals surface area contributed by atoms with Crippen LogP contribution in [0, 0.1) is 0 Å². The number of aryl methyl sites for hydroxylation is 1. The zero-order valence-electron chi connectivity index (χ0n) is 18.2. The van der Waals surface area contributed by atoms with E-state index in [1.807, 2.05) is 36.2 Å². The maximum absolute atomic E-state index is 13.3. The molecule has 1 aliphatic carbocycles. The standard InChI is InChI=1S/C25H30Cl2N2O2/c1-28(24(30)13-9-17-8-11-20(26)21(27)16-17)25-19-6-5-7-23(31-2)18(19)10-12-22(25)29-14-3-4-15-29/h5-8,11,16,22,25H,3-4,9-10,12-15H2,1-2H3/t22-,25-/m0/s1. The van der Waals surface area contributed by atoms with Crippen molar-refractivity contribution in [2.45, 2.75) is 50.6 Å². The summed E-state index contributed by atoms with van der Waals surface area (Å²) in [5, 5.41) is 1.07. The second-order valence-corrected chi connectivity index (χ2v) is 9.39. The normalized spacial score (nSPS) is 21.0. The quantitative estimate of drug-likeness (QED) is 0.566. The monoisotopic (exact) mass is 460 g/mol. The molecule has 0 bridgehead atoms. The summed E-state index contributed by atoms with van der Waals surface area (Å²) in [4.78, 5) is 17.9. The lowest BCUT2D eigenvalue weighted by molar-refractivity contribution is -0.133. The highest BCUT2D eigenvalue weighted by atomic mass is 35.5. The maximum Gasteiger partial charge on any atom is 0.223 e. The molecule has 1 aliphatic heterocycles. The minimum atomic E-state index is 0.0401. The number of methoxy groups -OCH3 is 1. The van der Waals surface area contributed by atoms with Gasteiger partial charge in [0.2, 0.25) is 5.91 Å². The Morgan fingerprint density at radius 2 is 1.94 bits per heavy atom. The molecule has 4 rings (SSSR count). The molecule has 4 nitrogen and oxygen atoms in total. The Labute approximate surface area is 195 Å². The van der Waals surface area contributed by atoms with Crippen LogP contribution < -0.4 is 4.74 Å². The van der Waals surface area contributed by atoms with Gasteiger partial charge in [0.25, 0.3) is 0 Å². The lowest BCUT2D eigenvalue weighted by Gasteiger charge is -2.44. The smallest absolute Gasteiger partial charge is 0.223 e. The zero-order chi connectivity index (χ0) is 22.0. The molecule has 0 spiro atoms. The van der Waals surface area contributed by atoms with Gasteiger partial charge in [-0.15, -0.1) is 0 Å². The molecule has 1 amide bonds. The van der Waals surface area contributed by atoms with Crippen LogP contribution in [0.4, 0.5) is 0 Å². The van der Waals surface area contributed by atoms with Crippen LogP contribution in [-0.2, 0) is 17.6 Å². The molecule has 2 aromatic carbocycles. The van der Waals surface area contributed by atoms with Crippen LogP contribution in [0.25, 0.3) is 0 Å². The number of likely N-dealkylation sites (tertiary alicyclic amines) is 1. The first-order valence-corrected chi connectivity index (χ1v) is 11.8. The number of likely N-dealkylation sites (N-methyl/N-ethyl adjacent to an activating group) is 1. The number of rotatable bonds is 6. The van der Waals surface area contributed by atoms with Gasteiger partial charge in [-0.1, -0.05) is 41.4 Å². The van der Waals surface area contributed by atoms with Gasteiger partial charge in [0.1, 0.15) is 5.75 Å². The Morgan fingerprint density at radius 3 is 2.65 bits per heavy atom. The lowest BCUT2D eigenvalue weighted by atomic mass is 9.81. The number of hydrogen-bond donors (Lipinski definition) is 0. The molecule has 2 aliphatic rings. The second-order valence-electron chi connectivity index (χ2n) is 8.58. The van der Waals surface area contributed by atoms with Crippen LogP contribution in [-0.4, -0.2) is 49.0 Å². The van der Waals surface area contributed by atoms with E-state index >= 15 is 0 Å². The molecular weight excluding hydrogens is 431 g/mol. The number of nitrogens with zero attached hydrogens (tertiary/aromatic N) is 2. The molecule has 1 fully saturated rings. The summed E-state index contributed by atoms with van der Waals surface area (Å²) in [5.41, 5.74) is 3.50. The third kappa shape index (κ3) is 4.72. The number of hydrogen-bond acceptors (Lipinski definition) is 3. The highest BCUT2D eigenvalue weighted by Crippen LogP contribution is 2.41. The molecule has 0 aromatic heterocycles. The lowest BCUT2D eigenvalue weighted by Crippen LogP contribution is -2.48. The van der Waals surface area contributed by atoms with Crippen molar-refractivity contribution in [1.29, 1.82) is 0 Å². The SMILES string of the molecule is COc1cccc2c1CC[C@H](N1CCCC1)[C@H]2N(C)C(=O)CCc1ccc(Cl)c(Cl)c1. The Balaban J connectivity index is 1.57. The summed E-state index contributed by atoms with van der Waals surface area (Å²) in [6.45, 7) is 2.23. The molecule has 0 saturated carbocycles. The van der Waals surface area contributed by atoms with E-state index in [-0.39, 0.29) is 11.9 Å². The largest absolute Gasteiger partial charge is 0.496 e. The number of halogens is 2. The Morgan fingerprint density at radius 1 is 1.16 bits per heavy atom. The van der Waals surface area contributed by atoms with Crippen molar-refractivity contribution in [2.24, 2.45) is 0 Å². The van der Waals surface area contributed by atoms with Gasteiger partial charge in [0.05, 0.1) is 23.2 Å². The molecule has 166 valence electrons. The summed E-state index contributed by atoms with van der Waals surface area (Å²) in [7, 11) is 3.68. The van der Waals surface area contributed by atoms with Crippen LogP contribution in [0.2, 0.25) is 10.0 Å². The van der Waals surface area contributed by atoms with Crippen LogP contribution in [0.15, 0.2) is 36.4 Å². The number of ether oxygens (including phenoxy) is 1. The van der Waals surface area contributed by atoms with E-state index in [9.17, 15) is 4.79 Å². The van der Waals surface area contributed by atoms with Crippen molar-refractivity contribution < 1.29 is 9.53 Å². The average molecular weight is 461 g/mol. The summed E-state index contributed by atoms with van der Waals surface area (Å²) in [5.74, 6) is 1.08. The van der Waals surface area contributed by atoms with Crippen molar-refractivity contribution in [3.05, 3.63) is 63.1 Å². The fraction of sp³-hybridized carbons (Fsp3) is 0.480. The topological polar surface area (TPSA) is 32.8 Å². The molecule has 0 radical (unpaired) electrons. The molecule has 2 atom stereocenters. The zero-order valence-corrected chi connectivity index (χ0v) is 19.8. The predicted octanol–water partition coefficient (Wildman–Crippen LogP) is 5.54. The first-order chi connectivity index (χ1) is 15.0. The highest BCUT2D eigenvalue weighted by Gasteiger charge is 2.39. The van der Waals surface area contributed by atoms with Crippen molar-refractivity contribution in [1.82, 2.24) is 9.80 Å². The number of carbonyl (C=O) groups excluding carboxylic acids is 1. The Kier molecular flexibility index (Phi) is 7.10. The van der Waals surface area contributed by atoms with E-state index in [0.29, 0.717) is 28.9 Å². The fourth-order valence-corrected chi connectivity index (χ4v) is 5.50. The Hall–Kier alpha value is -1.75. The van der Waals surface area contributed by atoms with Crippen molar-refractivity contribution >= 4 is 29.1 Å².